The highest BCUT2D eigenvalue weighted by Gasteiger charge is 2.40. The second-order valence-electron chi connectivity index (χ2n) is 7.47. The minimum absolute atomic E-state index is 0.213. The van der Waals surface area contributed by atoms with Crippen LogP contribution in [0.2, 0.25) is 0 Å². The molecule has 33 heavy (non-hydrogen) atoms. The van der Waals surface area contributed by atoms with Crippen LogP contribution in [0.3, 0.4) is 0 Å². The van der Waals surface area contributed by atoms with Gasteiger partial charge >= 0.3 is 0 Å². The summed E-state index contributed by atoms with van der Waals surface area (Å²) in [4.78, 5) is 28.2. The number of nitrogens with one attached hydrogen (secondary N) is 1. The number of hydrogen-bond acceptors (Lipinski definition) is 6. The van der Waals surface area contributed by atoms with Crippen LogP contribution < -0.4 is 24.4 Å². The number of carbonyl (C=O) groups excluding carboxylic acids is 2. The Bertz CT molecular complexity index is 1240. The fourth-order valence-corrected chi connectivity index (χ4v) is 3.87. The zero-order valence-corrected chi connectivity index (χ0v) is 18.0. The van der Waals surface area contributed by atoms with Gasteiger partial charge in [0.15, 0.2) is 11.5 Å². The van der Waals surface area contributed by atoms with Gasteiger partial charge in [-0.15, -0.1) is 0 Å². The number of imide groups is 1. The van der Waals surface area contributed by atoms with Gasteiger partial charge in [-0.3, -0.25) is 9.59 Å². The van der Waals surface area contributed by atoms with Crippen molar-refractivity contribution in [1.29, 1.82) is 0 Å². The molecular weight excluding hydrogens is 420 g/mol. The molecule has 2 heterocycles. The first kappa shape index (κ1) is 20.6. The lowest BCUT2D eigenvalue weighted by Crippen LogP contribution is -2.32. The Morgan fingerprint density at radius 1 is 0.879 bits per heavy atom. The molecule has 2 aliphatic heterocycles. The maximum Gasteiger partial charge on any atom is 0.282 e. The lowest BCUT2D eigenvalue weighted by Gasteiger charge is -2.21. The van der Waals surface area contributed by atoms with Crippen LogP contribution in [0, 0.1) is 0 Å². The second kappa shape index (κ2) is 8.70. The first-order valence-corrected chi connectivity index (χ1v) is 10.7. The van der Waals surface area contributed by atoms with Gasteiger partial charge in [-0.1, -0.05) is 30.3 Å². The summed E-state index contributed by atoms with van der Waals surface area (Å²) in [5.41, 5.74) is 2.28. The summed E-state index contributed by atoms with van der Waals surface area (Å²) in [6.07, 6.45) is 0. The first-order chi connectivity index (χ1) is 16.2. The van der Waals surface area contributed by atoms with Crippen molar-refractivity contribution in [3.63, 3.8) is 0 Å². The molecule has 0 unspecified atom stereocenters. The van der Waals surface area contributed by atoms with Crippen molar-refractivity contribution < 1.29 is 23.8 Å². The van der Waals surface area contributed by atoms with E-state index in [1.165, 1.54) is 0 Å². The van der Waals surface area contributed by atoms with Crippen molar-refractivity contribution in [3.8, 4) is 17.2 Å². The number of hydrogen-bond donors (Lipinski definition) is 1. The van der Waals surface area contributed by atoms with Gasteiger partial charge in [-0.2, -0.15) is 0 Å². The van der Waals surface area contributed by atoms with Crippen LogP contribution >= 0.6 is 0 Å². The molecule has 2 amide bonds. The number of benzene rings is 3. The average molecular weight is 442 g/mol. The predicted molar refractivity (Wildman–Crippen MR) is 125 cm³/mol. The van der Waals surface area contributed by atoms with Crippen LogP contribution in [0.1, 0.15) is 12.5 Å². The minimum atomic E-state index is -0.440. The fourth-order valence-electron chi connectivity index (χ4n) is 3.87. The molecule has 0 aliphatic carbocycles. The largest absolute Gasteiger partial charge is 0.494 e. The number of rotatable bonds is 6. The normalized spacial score (nSPS) is 15.1. The van der Waals surface area contributed by atoms with Crippen LogP contribution in [0.4, 0.5) is 11.4 Å². The van der Waals surface area contributed by atoms with Gasteiger partial charge in [0.2, 0.25) is 0 Å². The Kier molecular flexibility index (Phi) is 5.44. The van der Waals surface area contributed by atoms with E-state index in [1.807, 2.05) is 61.5 Å². The molecule has 5 rings (SSSR count). The van der Waals surface area contributed by atoms with Crippen LogP contribution in [0.5, 0.6) is 17.2 Å². The van der Waals surface area contributed by atoms with E-state index in [4.69, 9.17) is 14.2 Å². The molecule has 0 saturated carbocycles. The topological polar surface area (TPSA) is 77.1 Å². The smallest absolute Gasteiger partial charge is 0.282 e. The molecule has 0 saturated heterocycles. The third-order valence-electron chi connectivity index (χ3n) is 5.36. The highest BCUT2D eigenvalue weighted by Crippen LogP contribution is 2.38. The molecule has 166 valence electrons. The summed E-state index contributed by atoms with van der Waals surface area (Å²) in [6.45, 7) is 3.35. The zero-order chi connectivity index (χ0) is 22.8. The molecule has 0 radical (unpaired) electrons. The molecule has 0 aromatic heterocycles. The summed E-state index contributed by atoms with van der Waals surface area (Å²) in [7, 11) is 0. The summed E-state index contributed by atoms with van der Waals surface area (Å²) < 4.78 is 16.7. The minimum Gasteiger partial charge on any atom is -0.494 e. The maximum atomic E-state index is 13.5. The van der Waals surface area contributed by atoms with E-state index in [0.717, 1.165) is 10.6 Å². The second-order valence-corrected chi connectivity index (χ2v) is 7.47. The quantitative estimate of drug-likeness (QED) is 0.575. The van der Waals surface area contributed by atoms with E-state index >= 15 is 0 Å². The molecule has 7 heteroatoms. The Morgan fingerprint density at radius 3 is 2.33 bits per heavy atom. The van der Waals surface area contributed by atoms with Gasteiger partial charge in [0, 0.05) is 11.8 Å². The van der Waals surface area contributed by atoms with Crippen LogP contribution in [-0.2, 0) is 9.59 Å². The fraction of sp³-hybridized carbons (Fsp3) is 0.154. The van der Waals surface area contributed by atoms with E-state index in [1.54, 1.807) is 18.2 Å². The molecule has 1 N–H and O–H groups in total. The van der Waals surface area contributed by atoms with Crippen LogP contribution in [0.25, 0.3) is 5.57 Å². The van der Waals surface area contributed by atoms with Crippen molar-refractivity contribution >= 4 is 28.8 Å². The van der Waals surface area contributed by atoms with Crippen molar-refractivity contribution in [2.45, 2.75) is 6.92 Å². The number of anilines is 2. The summed E-state index contributed by atoms with van der Waals surface area (Å²) in [5.74, 6) is 0.981. The SMILES string of the molecule is CCOc1ccc(NC2=C(c3ccccc3)C(=O)N(c3ccc4c(c3)OCCO4)C2=O)cc1. The lowest BCUT2D eigenvalue weighted by molar-refractivity contribution is -0.120. The molecule has 2 aliphatic rings. The lowest BCUT2D eigenvalue weighted by atomic mass is 10.0. The molecule has 0 bridgehead atoms. The van der Waals surface area contributed by atoms with Gasteiger partial charge < -0.3 is 19.5 Å². The number of fused-ring (bicyclic) bond motifs is 1. The molecular formula is C26H22N2O5. The standard InChI is InChI=1S/C26H22N2O5/c1-2-31-20-11-8-18(9-12-20)27-24-23(17-6-4-3-5-7-17)25(29)28(26(24)30)19-10-13-21-22(16-19)33-15-14-32-21/h3-13,16,27H,2,14-15H2,1H3. The molecule has 3 aromatic rings. The number of amides is 2. The Hall–Kier alpha value is -4.26. The van der Waals surface area contributed by atoms with E-state index in [9.17, 15) is 9.59 Å². The molecule has 3 aromatic carbocycles. The van der Waals surface area contributed by atoms with E-state index in [2.05, 4.69) is 5.32 Å². The van der Waals surface area contributed by atoms with Gasteiger partial charge in [-0.25, -0.2) is 4.90 Å². The van der Waals surface area contributed by atoms with Crippen molar-refractivity contribution in [2.75, 3.05) is 30.0 Å². The van der Waals surface area contributed by atoms with E-state index in [-0.39, 0.29) is 5.70 Å². The Balaban J connectivity index is 1.53. The highest BCUT2D eigenvalue weighted by atomic mass is 16.6. The number of nitrogens with zero attached hydrogens (tertiary/aromatic N) is 1. The van der Waals surface area contributed by atoms with Gasteiger partial charge in [-0.05, 0) is 48.9 Å². The summed E-state index contributed by atoms with van der Waals surface area (Å²) in [5, 5.41) is 3.16. The monoisotopic (exact) mass is 442 g/mol. The van der Waals surface area contributed by atoms with Crippen molar-refractivity contribution in [1.82, 2.24) is 0 Å². The highest BCUT2D eigenvalue weighted by molar-refractivity contribution is 6.46. The predicted octanol–water partition coefficient (Wildman–Crippen LogP) is 4.25. The average Bonchev–Trinajstić information content (AvgIpc) is 3.09. The van der Waals surface area contributed by atoms with Crippen molar-refractivity contribution in [2.24, 2.45) is 0 Å². The first-order valence-electron chi connectivity index (χ1n) is 10.7. The maximum absolute atomic E-state index is 13.5. The molecule has 7 nitrogen and oxygen atoms in total. The summed E-state index contributed by atoms with van der Waals surface area (Å²) >= 11 is 0. The van der Waals surface area contributed by atoms with Crippen molar-refractivity contribution in [3.05, 3.63) is 84.1 Å². The molecule has 0 fully saturated rings. The van der Waals surface area contributed by atoms with Gasteiger partial charge in [0.25, 0.3) is 11.8 Å². The Morgan fingerprint density at radius 2 is 1.61 bits per heavy atom. The molecule has 0 spiro atoms. The van der Waals surface area contributed by atoms with Crippen LogP contribution in [-0.4, -0.2) is 31.6 Å². The third-order valence-corrected chi connectivity index (χ3v) is 5.36. The summed E-state index contributed by atoms with van der Waals surface area (Å²) in [6, 6.07) is 21.5. The van der Waals surface area contributed by atoms with Gasteiger partial charge in [0.05, 0.1) is 17.9 Å². The van der Waals surface area contributed by atoms with E-state index < -0.39 is 11.8 Å². The number of ether oxygens (including phenoxy) is 3. The van der Waals surface area contributed by atoms with Gasteiger partial charge in [0.1, 0.15) is 24.7 Å². The third kappa shape index (κ3) is 3.89. The molecule has 0 atom stereocenters. The van der Waals surface area contributed by atoms with E-state index in [0.29, 0.717) is 53.8 Å². The number of carbonyl (C=O) groups is 2. The van der Waals surface area contributed by atoms with Crippen LogP contribution in [0.15, 0.2) is 78.5 Å². The Labute approximate surface area is 191 Å². The zero-order valence-electron chi connectivity index (χ0n) is 18.0.